The Hall–Kier alpha value is -0.0400. The SMILES string of the molecule is CN1CCCC[C@H]1CC(C)(C)C. The molecule has 1 fully saturated rings. The molecule has 0 N–H and O–H groups in total. The first-order chi connectivity index (χ1) is 5.49. The summed E-state index contributed by atoms with van der Waals surface area (Å²) in [6.45, 7) is 8.33. The maximum Gasteiger partial charge on any atom is 0.00971 e. The van der Waals surface area contributed by atoms with E-state index in [0.717, 1.165) is 6.04 Å². The first-order valence-electron chi connectivity index (χ1n) is 5.19. The first kappa shape index (κ1) is 10.0. The van der Waals surface area contributed by atoms with Crippen LogP contribution < -0.4 is 0 Å². The normalized spacial score (nSPS) is 27.5. The molecule has 1 aliphatic rings. The summed E-state index contributed by atoms with van der Waals surface area (Å²) < 4.78 is 0. The number of rotatable bonds is 1. The van der Waals surface area contributed by atoms with Gasteiger partial charge in [0.15, 0.2) is 0 Å². The molecule has 1 rings (SSSR count). The van der Waals surface area contributed by atoms with Crippen LogP contribution in [0.1, 0.15) is 46.5 Å². The molecule has 1 heteroatoms. The molecule has 12 heavy (non-hydrogen) atoms. The number of hydrogen-bond donors (Lipinski definition) is 0. The summed E-state index contributed by atoms with van der Waals surface area (Å²) in [7, 11) is 2.27. The molecule has 0 bridgehead atoms. The van der Waals surface area contributed by atoms with Crippen LogP contribution in [0.3, 0.4) is 0 Å². The van der Waals surface area contributed by atoms with E-state index in [-0.39, 0.29) is 0 Å². The van der Waals surface area contributed by atoms with E-state index >= 15 is 0 Å². The fourth-order valence-electron chi connectivity index (χ4n) is 2.11. The molecular weight excluding hydrogens is 146 g/mol. The third kappa shape index (κ3) is 3.14. The molecule has 1 aliphatic heterocycles. The molecule has 0 radical (unpaired) electrons. The summed E-state index contributed by atoms with van der Waals surface area (Å²) in [5.41, 5.74) is 0.496. The molecule has 0 aliphatic carbocycles. The van der Waals surface area contributed by atoms with Crippen LogP contribution in [0.25, 0.3) is 0 Å². The average Bonchev–Trinajstić information content (AvgIpc) is 1.91. The second kappa shape index (κ2) is 3.78. The molecule has 0 spiro atoms. The van der Waals surface area contributed by atoms with Gasteiger partial charge in [-0.1, -0.05) is 27.2 Å². The fraction of sp³-hybridized carbons (Fsp3) is 1.00. The van der Waals surface area contributed by atoms with Crippen molar-refractivity contribution in [2.24, 2.45) is 5.41 Å². The zero-order valence-corrected chi connectivity index (χ0v) is 9.06. The van der Waals surface area contributed by atoms with E-state index in [4.69, 9.17) is 0 Å². The molecule has 1 heterocycles. The summed E-state index contributed by atoms with van der Waals surface area (Å²) in [6.07, 6.45) is 5.60. The van der Waals surface area contributed by atoms with E-state index in [9.17, 15) is 0 Å². The third-order valence-electron chi connectivity index (χ3n) is 2.77. The first-order valence-corrected chi connectivity index (χ1v) is 5.19. The van der Waals surface area contributed by atoms with Crippen LogP contribution in [0.15, 0.2) is 0 Å². The Bertz CT molecular complexity index is 134. The van der Waals surface area contributed by atoms with Crippen LogP contribution >= 0.6 is 0 Å². The van der Waals surface area contributed by atoms with Gasteiger partial charge in [0.25, 0.3) is 0 Å². The van der Waals surface area contributed by atoms with Crippen LogP contribution in [0.5, 0.6) is 0 Å². The van der Waals surface area contributed by atoms with Crippen molar-refractivity contribution >= 4 is 0 Å². The molecule has 0 aromatic carbocycles. The Morgan fingerprint density at radius 1 is 1.25 bits per heavy atom. The summed E-state index contributed by atoms with van der Waals surface area (Å²) in [4.78, 5) is 2.54. The van der Waals surface area contributed by atoms with E-state index in [1.54, 1.807) is 0 Å². The van der Waals surface area contributed by atoms with E-state index in [2.05, 4.69) is 32.7 Å². The molecule has 0 amide bonds. The maximum atomic E-state index is 2.54. The van der Waals surface area contributed by atoms with E-state index in [1.165, 1.54) is 32.2 Å². The zero-order valence-electron chi connectivity index (χ0n) is 9.06. The van der Waals surface area contributed by atoms with Gasteiger partial charge in [0.1, 0.15) is 0 Å². The van der Waals surface area contributed by atoms with Gasteiger partial charge in [0.05, 0.1) is 0 Å². The van der Waals surface area contributed by atoms with E-state index < -0.39 is 0 Å². The standard InChI is InChI=1S/C11H23N/c1-11(2,3)9-10-7-5-6-8-12(10)4/h10H,5-9H2,1-4H3/t10-/m0/s1. The number of likely N-dealkylation sites (tertiary alicyclic amines) is 1. The van der Waals surface area contributed by atoms with E-state index in [1.807, 2.05) is 0 Å². The minimum absolute atomic E-state index is 0.496. The van der Waals surface area contributed by atoms with Gasteiger partial charge in [-0.05, 0) is 38.3 Å². The van der Waals surface area contributed by atoms with Crippen molar-refractivity contribution in [3.8, 4) is 0 Å². The van der Waals surface area contributed by atoms with Crippen molar-refractivity contribution < 1.29 is 0 Å². The maximum absolute atomic E-state index is 2.54. The number of hydrogen-bond acceptors (Lipinski definition) is 1. The van der Waals surface area contributed by atoms with Crippen LogP contribution in [0.2, 0.25) is 0 Å². The highest BCUT2D eigenvalue weighted by Gasteiger charge is 2.23. The minimum atomic E-state index is 0.496. The molecule has 0 aromatic rings. The fourth-order valence-corrected chi connectivity index (χ4v) is 2.11. The Kier molecular flexibility index (Phi) is 3.16. The molecular formula is C11H23N. The van der Waals surface area contributed by atoms with Crippen molar-refractivity contribution in [2.75, 3.05) is 13.6 Å². The van der Waals surface area contributed by atoms with Gasteiger partial charge in [0, 0.05) is 6.04 Å². The Morgan fingerprint density at radius 3 is 2.42 bits per heavy atom. The molecule has 1 saturated heterocycles. The number of piperidine rings is 1. The van der Waals surface area contributed by atoms with Gasteiger partial charge in [-0.2, -0.15) is 0 Å². The van der Waals surface area contributed by atoms with Gasteiger partial charge in [0.2, 0.25) is 0 Å². The molecule has 0 unspecified atom stereocenters. The summed E-state index contributed by atoms with van der Waals surface area (Å²) in [5.74, 6) is 0. The van der Waals surface area contributed by atoms with Gasteiger partial charge in [-0.3, -0.25) is 0 Å². The van der Waals surface area contributed by atoms with Crippen LogP contribution in [-0.4, -0.2) is 24.5 Å². The lowest BCUT2D eigenvalue weighted by Gasteiger charge is -2.36. The lowest BCUT2D eigenvalue weighted by Crippen LogP contribution is -2.38. The smallest absolute Gasteiger partial charge is 0.00971 e. The largest absolute Gasteiger partial charge is 0.303 e. The predicted molar refractivity (Wildman–Crippen MR) is 54.3 cm³/mol. The second-order valence-corrected chi connectivity index (χ2v) is 5.39. The van der Waals surface area contributed by atoms with Gasteiger partial charge in [-0.15, -0.1) is 0 Å². The van der Waals surface area contributed by atoms with Crippen molar-refractivity contribution in [3.63, 3.8) is 0 Å². The van der Waals surface area contributed by atoms with Crippen LogP contribution in [-0.2, 0) is 0 Å². The summed E-state index contributed by atoms with van der Waals surface area (Å²) >= 11 is 0. The van der Waals surface area contributed by atoms with Crippen molar-refractivity contribution in [1.29, 1.82) is 0 Å². The quantitative estimate of drug-likeness (QED) is 0.583. The summed E-state index contributed by atoms with van der Waals surface area (Å²) in [6, 6.07) is 0.846. The lowest BCUT2D eigenvalue weighted by atomic mass is 9.84. The third-order valence-corrected chi connectivity index (χ3v) is 2.77. The Morgan fingerprint density at radius 2 is 1.92 bits per heavy atom. The molecule has 1 nitrogen and oxygen atoms in total. The van der Waals surface area contributed by atoms with Gasteiger partial charge < -0.3 is 4.90 Å². The minimum Gasteiger partial charge on any atom is -0.303 e. The average molecular weight is 169 g/mol. The lowest BCUT2D eigenvalue weighted by molar-refractivity contribution is 0.138. The highest BCUT2D eigenvalue weighted by atomic mass is 15.1. The van der Waals surface area contributed by atoms with Crippen molar-refractivity contribution in [1.82, 2.24) is 4.90 Å². The number of nitrogens with zero attached hydrogens (tertiary/aromatic N) is 1. The molecule has 0 saturated carbocycles. The van der Waals surface area contributed by atoms with Crippen LogP contribution in [0, 0.1) is 5.41 Å². The van der Waals surface area contributed by atoms with Crippen LogP contribution in [0.4, 0.5) is 0 Å². The second-order valence-electron chi connectivity index (χ2n) is 5.39. The topological polar surface area (TPSA) is 3.24 Å². The van der Waals surface area contributed by atoms with Gasteiger partial charge >= 0.3 is 0 Å². The van der Waals surface area contributed by atoms with Gasteiger partial charge in [-0.25, -0.2) is 0 Å². The Balaban J connectivity index is 2.39. The monoisotopic (exact) mass is 169 g/mol. The predicted octanol–water partition coefficient (Wildman–Crippen LogP) is 2.91. The molecule has 1 atom stereocenters. The molecule has 0 aromatic heterocycles. The van der Waals surface area contributed by atoms with E-state index in [0.29, 0.717) is 5.41 Å². The highest BCUT2D eigenvalue weighted by Crippen LogP contribution is 2.28. The summed E-state index contributed by atoms with van der Waals surface area (Å²) in [5, 5.41) is 0. The van der Waals surface area contributed by atoms with Crippen molar-refractivity contribution in [3.05, 3.63) is 0 Å². The highest BCUT2D eigenvalue weighted by molar-refractivity contribution is 4.78. The van der Waals surface area contributed by atoms with Crippen molar-refractivity contribution in [2.45, 2.75) is 52.5 Å². The zero-order chi connectivity index (χ0) is 9.19. The Labute approximate surface area is 77.1 Å². The molecule has 72 valence electrons.